The summed E-state index contributed by atoms with van der Waals surface area (Å²) in [5, 5.41) is 21.0. The molecule has 3 N–H and O–H groups in total. The van der Waals surface area contributed by atoms with Crippen LogP contribution in [0, 0.1) is 0 Å². The third-order valence-electron chi connectivity index (χ3n) is 2.65. The number of carboxylic acids is 1. The summed E-state index contributed by atoms with van der Waals surface area (Å²) in [4.78, 5) is 10.8. The first-order chi connectivity index (χ1) is 8.67. The third kappa shape index (κ3) is 4.69. The van der Waals surface area contributed by atoms with E-state index in [0.717, 1.165) is 11.1 Å². The Bertz CT molecular complexity index is 427. The van der Waals surface area contributed by atoms with Gasteiger partial charge in [0.1, 0.15) is 0 Å². The number of carboxylic acid groups (broad SMARTS) is 1. The van der Waals surface area contributed by atoms with Gasteiger partial charge >= 0.3 is 5.97 Å². The first-order valence-electron chi connectivity index (χ1n) is 5.99. The molecule has 18 heavy (non-hydrogen) atoms. The topological polar surface area (TPSA) is 69.6 Å². The van der Waals surface area contributed by atoms with Crippen LogP contribution in [0.2, 0.25) is 0 Å². The maximum absolute atomic E-state index is 10.8. The lowest BCUT2D eigenvalue weighted by Gasteiger charge is -2.05. The molecule has 1 aromatic rings. The molecule has 0 saturated heterocycles. The van der Waals surface area contributed by atoms with Gasteiger partial charge in [0, 0.05) is 18.7 Å². The van der Waals surface area contributed by atoms with Gasteiger partial charge in [-0.05, 0) is 17.5 Å². The van der Waals surface area contributed by atoms with Crippen LogP contribution in [0.5, 0.6) is 0 Å². The molecule has 0 amide bonds. The minimum absolute atomic E-state index is 0.0345. The quantitative estimate of drug-likeness (QED) is 0.508. The molecule has 0 aliphatic heterocycles. The van der Waals surface area contributed by atoms with E-state index in [2.05, 4.69) is 5.32 Å². The Labute approximate surface area is 107 Å². The molecule has 4 heteroatoms. The molecule has 0 saturated carbocycles. The molecule has 0 spiro atoms. The zero-order valence-electron chi connectivity index (χ0n) is 10.5. The van der Waals surface area contributed by atoms with E-state index in [1.165, 1.54) is 0 Å². The van der Waals surface area contributed by atoms with Crippen LogP contribution in [0.1, 0.15) is 24.5 Å². The summed E-state index contributed by atoms with van der Waals surface area (Å²) in [5.41, 5.74) is 2.37. The van der Waals surface area contributed by atoms with Crippen LogP contribution < -0.4 is 5.32 Å². The molecule has 98 valence electrons. The fraction of sp³-hybridized carbons (Fsp3) is 0.357. The lowest BCUT2D eigenvalue weighted by Crippen LogP contribution is -2.14. The summed E-state index contributed by atoms with van der Waals surface area (Å²) in [5.74, 6) is -0.860. The standard InChI is InChI=1S/C14H19NO3/c1-2-13(14(17)18)6-7-15-9-11-4-3-5-12(8-11)10-16/h3-6,8,15-16H,2,7,9-10H2,1H3,(H,17,18)/b13-6-. The molecule has 1 rings (SSSR count). The first kappa shape index (κ1) is 14.4. The Kier molecular flexibility index (Phi) is 6.11. The van der Waals surface area contributed by atoms with E-state index >= 15 is 0 Å². The van der Waals surface area contributed by atoms with Crippen LogP contribution in [-0.4, -0.2) is 22.7 Å². The van der Waals surface area contributed by atoms with Crippen molar-refractivity contribution in [1.29, 1.82) is 0 Å². The molecule has 0 aromatic heterocycles. The molecule has 0 heterocycles. The molecule has 0 aliphatic carbocycles. The Morgan fingerprint density at radius 3 is 2.72 bits per heavy atom. The summed E-state index contributed by atoms with van der Waals surface area (Å²) in [7, 11) is 0. The number of hydrogen-bond donors (Lipinski definition) is 3. The summed E-state index contributed by atoms with van der Waals surface area (Å²) in [6.07, 6.45) is 2.22. The van der Waals surface area contributed by atoms with Crippen molar-refractivity contribution in [3.8, 4) is 0 Å². The van der Waals surface area contributed by atoms with Crippen LogP contribution in [0.15, 0.2) is 35.9 Å². The maximum atomic E-state index is 10.8. The lowest BCUT2D eigenvalue weighted by atomic mass is 10.1. The van der Waals surface area contributed by atoms with Gasteiger partial charge in [-0.3, -0.25) is 0 Å². The van der Waals surface area contributed by atoms with Crippen molar-refractivity contribution in [3.05, 3.63) is 47.0 Å². The highest BCUT2D eigenvalue weighted by Crippen LogP contribution is 2.05. The summed E-state index contributed by atoms with van der Waals surface area (Å²) in [6, 6.07) is 7.65. The highest BCUT2D eigenvalue weighted by Gasteiger charge is 2.02. The molecule has 0 aliphatic rings. The summed E-state index contributed by atoms with van der Waals surface area (Å²) in [6.45, 7) is 3.04. The van der Waals surface area contributed by atoms with Gasteiger partial charge in [-0.1, -0.05) is 37.3 Å². The van der Waals surface area contributed by atoms with Crippen LogP contribution in [-0.2, 0) is 17.9 Å². The summed E-state index contributed by atoms with van der Waals surface area (Å²) < 4.78 is 0. The average Bonchev–Trinajstić information content (AvgIpc) is 2.38. The van der Waals surface area contributed by atoms with Gasteiger partial charge in [0.15, 0.2) is 0 Å². The second kappa shape index (κ2) is 7.63. The Balaban J connectivity index is 2.44. The van der Waals surface area contributed by atoms with Gasteiger partial charge in [0.05, 0.1) is 6.61 Å². The zero-order chi connectivity index (χ0) is 13.4. The van der Waals surface area contributed by atoms with Gasteiger partial charge < -0.3 is 15.5 Å². The molecule has 1 aromatic carbocycles. The van der Waals surface area contributed by atoms with Crippen molar-refractivity contribution in [1.82, 2.24) is 5.32 Å². The van der Waals surface area contributed by atoms with E-state index in [-0.39, 0.29) is 6.61 Å². The molecule has 0 radical (unpaired) electrons. The van der Waals surface area contributed by atoms with Gasteiger partial charge in [-0.2, -0.15) is 0 Å². The molecule has 4 nitrogen and oxygen atoms in total. The van der Waals surface area contributed by atoms with E-state index in [1.54, 1.807) is 6.08 Å². The van der Waals surface area contributed by atoms with Crippen molar-refractivity contribution >= 4 is 5.97 Å². The first-order valence-corrected chi connectivity index (χ1v) is 5.99. The van der Waals surface area contributed by atoms with Crippen LogP contribution in [0.25, 0.3) is 0 Å². The molecule has 0 atom stereocenters. The molecule has 0 fully saturated rings. The predicted molar refractivity (Wildman–Crippen MR) is 70.1 cm³/mol. The summed E-state index contributed by atoms with van der Waals surface area (Å²) >= 11 is 0. The Morgan fingerprint density at radius 1 is 1.39 bits per heavy atom. The molecule has 0 unspecified atom stereocenters. The average molecular weight is 249 g/mol. The van der Waals surface area contributed by atoms with E-state index in [9.17, 15) is 4.79 Å². The van der Waals surface area contributed by atoms with E-state index in [1.807, 2.05) is 31.2 Å². The zero-order valence-corrected chi connectivity index (χ0v) is 10.5. The second-order valence-corrected chi connectivity index (χ2v) is 4.00. The number of hydrogen-bond acceptors (Lipinski definition) is 3. The molecular weight excluding hydrogens is 230 g/mol. The number of rotatable bonds is 7. The van der Waals surface area contributed by atoms with E-state index < -0.39 is 5.97 Å². The number of aliphatic carboxylic acids is 1. The second-order valence-electron chi connectivity index (χ2n) is 4.00. The van der Waals surface area contributed by atoms with Crippen LogP contribution in [0.3, 0.4) is 0 Å². The van der Waals surface area contributed by atoms with Crippen molar-refractivity contribution in [2.24, 2.45) is 0 Å². The Morgan fingerprint density at radius 2 is 2.11 bits per heavy atom. The molecule has 0 bridgehead atoms. The van der Waals surface area contributed by atoms with Crippen LogP contribution in [0.4, 0.5) is 0 Å². The van der Waals surface area contributed by atoms with Gasteiger partial charge in [0.2, 0.25) is 0 Å². The lowest BCUT2D eigenvalue weighted by molar-refractivity contribution is -0.132. The third-order valence-corrected chi connectivity index (χ3v) is 2.65. The highest BCUT2D eigenvalue weighted by molar-refractivity contribution is 5.86. The largest absolute Gasteiger partial charge is 0.478 e. The minimum atomic E-state index is -0.860. The van der Waals surface area contributed by atoms with Crippen molar-refractivity contribution in [2.75, 3.05) is 6.54 Å². The molecular formula is C14H19NO3. The van der Waals surface area contributed by atoms with E-state index in [4.69, 9.17) is 10.2 Å². The monoisotopic (exact) mass is 249 g/mol. The number of carbonyl (C=O) groups is 1. The van der Waals surface area contributed by atoms with Crippen molar-refractivity contribution < 1.29 is 15.0 Å². The predicted octanol–water partition coefficient (Wildman–Crippen LogP) is 1.69. The number of aliphatic hydroxyl groups is 1. The van der Waals surface area contributed by atoms with E-state index in [0.29, 0.717) is 25.1 Å². The SMILES string of the molecule is CC/C(=C/CNCc1cccc(CO)c1)C(=O)O. The van der Waals surface area contributed by atoms with Gasteiger partial charge in [-0.25, -0.2) is 4.79 Å². The number of aliphatic hydroxyl groups excluding tert-OH is 1. The fourth-order valence-electron chi connectivity index (χ4n) is 1.63. The van der Waals surface area contributed by atoms with Crippen molar-refractivity contribution in [3.63, 3.8) is 0 Å². The smallest absolute Gasteiger partial charge is 0.331 e. The van der Waals surface area contributed by atoms with Gasteiger partial charge in [0.25, 0.3) is 0 Å². The minimum Gasteiger partial charge on any atom is -0.478 e. The van der Waals surface area contributed by atoms with Crippen molar-refractivity contribution in [2.45, 2.75) is 26.5 Å². The van der Waals surface area contributed by atoms with Gasteiger partial charge in [-0.15, -0.1) is 0 Å². The Hall–Kier alpha value is -1.65. The number of benzene rings is 1. The normalized spacial score (nSPS) is 11.6. The van der Waals surface area contributed by atoms with Crippen LogP contribution >= 0.6 is 0 Å². The highest BCUT2D eigenvalue weighted by atomic mass is 16.4. The number of nitrogens with one attached hydrogen (secondary N) is 1. The fourth-order valence-corrected chi connectivity index (χ4v) is 1.63. The maximum Gasteiger partial charge on any atom is 0.331 e.